The van der Waals surface area contributed by atoms with Crippen LogP contribution >= 0.6 is 0 Å². The summed E-state index contributed by atoms with van der Waals surface area (Å²) in [5, 5.41) is 7.00. The topological polar surface area (TPSA) is 20.2 Å². The molecule has 1 rings (SSSR count). The van der Waals surface area contributed by atoms with Crippen molar-refractivity contribution in [2.45, 2.75) is 42.0 Å². The molecule has 0 unspecified atom stereocenters. The molecule has 0 heterocycles. The maximum atomic E-state index is 7.00. The van der Waals surface area contributed by atoms with Gasteiger partial charge < -0.3 is 5.11 Å². The third kappa shape index (κ3) is 4.23. The average Bonchev–Trinajstić information content (AvgIpc) is 2.19. The summed E-state index contributed by atoms with van der Waals surface area (Å²) < 4.78 is 0. The monoisotopic (exact) mass is 273 g/mol. The van der Waals surface area contributed by atoms with Crippen LogP contribution in [-0.4, -0.2) is 12.2 Å². The van der Waals surface area contributed by atoms with E-state index in [1.807, 2.05) is 0 Å². The van der Waals surface area contributed by atoms with Gasteiger partial charge in [-0.3, -0.25) is 6.08 Å². The summed E-state index contributed by atoms with van der Waals surface area (Å²) in [7, 11) is 1.00. The molecule has 1 N–H and O–H groups in total. The summed E-state index contributed by atoms with van der Waals surface area (Å²) in [5.41, 5.74) is 4.39. The van der Waals surface area contributed by atoms with Crippen LogP contribution in [0.15, 0.2) is 16.7 Å². The zero-order chi connectivity index (χ0) is 9.94. The first-order chi connectivity index (χ1) is 5.45. The fraction of sp³-hybridized carbons (Fsp3) is 0.667. The maximum Gasteiger partial charge on any atom is 0.0319 e. The molecule has 82 valence electrons. The summed E-state index contributed by atoms with van der Waals surface area (Å²) in [6, 6.07) is 0. The third-order valence-corrected chi connectivity index (χ3v) is 2.56. The molecule has 1 aliphatic rings. The van der Waals surface area contributed by atoms with Crippen LogP contribution in [0, 0.1) is 11.5 Å². The van der Waals surface area contributed by atoms with Gasteiger partial charge in [0.15, 0.2) is 0 Å². The van der Waals surface area contributed by atoms with Gasteiger partial charge in [-0.1, -0.05) is 40.5 Å². The van der Waals surface area contributed by atoms with Crippen molar-refractivity contribution < 1.29 is 31.3 Å². The molecule has 0 bridgehead atoms. The molecular formula is C12H23OZr-. The summed E-state index contributed by atoms with van der Waals surface area (Å²) in [5.74, 6) is 0. The van der Waals surface area contributed by atoms with E-state index >= 15 is 0 Å². The molecule has 14 heavy (non-hydrogen) atoms. The van der Waals surface area contributed by atoms with Crippen molar-refractivity contribution in [3.63, 3.8) is 0 Å². The molecule has 1 nitrogen and oxygen atoms in total. The molecule has 1 aliphatic carbocycles. The third-order valence-electron chi connectivity index (χ3n) is 2.56. The quantitative estimate of drug-likeness (QED) is 0.672. The Bertz CT molecular complexity index is 224. The second kappa shape index (κ2) is 7.59. The van der Waals surface area contributed by atoms with Crippen molar-refractivity contribution in [2.75, 3.05) is 7.11 Å². The van der Waals surface area contributed by atoms with Crippen molar-refractivity contribution in [2.24, 2.45) is 5.41 Å². The second-order valence-electron chi connectivity index (χ2n) is 3.62. The van der Waals surface area contributed by atoms with E-state index in [0.717, 1.165) is 7.11 Å². The number of rotatable bonds is 0. The van der Waals surface area contributed by atoms with Crippen molar-refractivity contribution >= 4 is 0 Å². The number of aliphatic hydroxyl groups excluding tert-OH is 1. The van der Waals surface area contributed by atoms with E-state index in [0.29, 0.717) is 0 Å². The van der Waals surface area contributed by atoms with Gasteiger partial charge in [-0.15, -0.1) is 6.92 Å². The Hall–Kier alpha value is 0.323. The zero-order valence-corrected chi connectivity index (χ0v) is 11.9. The molecule has 0 saturated carbocycles. The SMILES string of the molecule is C.CC1=[C-]C(C)(C)C(C)=C1C.CO.[Zr]. The van der Waals surface area contributed by atoms with E-state index < -0.39 is 0 Å². The van der Waals surface area contributed by atoms with Crippen molar-refractivity contribution in [3.05, 3.63) is 22.8 Å². The minimum Gasteiger partial charge on any atom is -0.400 e. The Morgan fingerprint density at radius 2 is 1.43 bits per heavy atom. The van der Waals surface area contributed by atoms with Crippen LogP contribution in [-0.2, 0) is 26.2 Å². The van der Waals surface area contributed by atoms with Crippen LogP contribution < -0.4 is 0 Å². The van der Waals surface area contributed by atoms with Gasteiger partial charge >= 0.3 is 0 Å². The van der Waals surface area contributed by atoms with Crippen LogP contribution in [0.3, 0.4) is 0 Å². The van der Waals surface area contributed by atoms with Gasteiger partial charge in [0.1, 0.15) is 0 Å². The van der Waals surface area contributed by atoms with E-state index in [9.17, 15) is 0 Å². The van der Waals surface area contributed by atoms with E-state index in [1.165, 1.54) is 16.7 Å². The van der Waals surface area contributed by atoms with Gasteiger partial charge in [-0.25, -0.2) is 5.57 Å². The number of hydrogen-bond acceptors (Lipinski definition) is 1. The van der Waals surface area contributed by atoms with E-state index in [-0.39, 0.29) is 39.0 Å². The Labute approximate surface area is 108 Å². The molecule has 0 radical (unpaired) electrons. The summed E-state index contributed by atoms with van der Waals surface area (Å²) in [4.78, 5) is 0. The Morgan fingerprint density at radius 3 is 1.50 bits per heavy atom. The van der Waals surface area contributed by atoms with E-state index in [4.69, 9.17) is 5.11 Å². The summed E-state index contributed by atoms with van der Waals surface area (Å²) in [6.45, 7) is 10.9. The Kier molecular flexibility index (Phi) is 10.8. The number of aliphatic hydroxyl groups is 1. The van der Waals surface area contributed by atoms with E-state index in [2.05, 4.69) is 40.7 Å². The molecule has 0 aromatic heterocycles. The molecule has 0 spiro atoms. The molecule has 0 aromatic rings. The minimum atomic E-state index is 0. The Balaban J connectivity index is -0.000000284. The van der Waals surface area contributed by atoms with Crippen molar-refractivity contribution in [3.8, 4) is 0 Å². The van der Waals surface area contributed by atoms with Gasteiger partial charge in [-0.2, -0.15) is 11.1 Å². The van der Waals surface area contributed by atoms with Crippen molar-refractivity contribution in [1.82, 2.24) is 0 Å². The minimum absolute atomic E-state index is 0. The van der Waals surface area contributed by atoms with Crippen molar-refractivity contribution in [1.29, 1.82) is 0 Å². The fourth-order valence-corrected chi connectivity index (χ4v) is 1.41. The Morgan fingerprint density at radius 1 is 1.07 bits per heavy atom. The predicted octanol–water partition coefficient (Wildman–Crippen LogP) is 3.35. The van der Waals surface area contributed by atoms with Gasteiger partial charge in [0.05, 0.1) is 0 Å². The number of hydrogen-bond donors (Lipinski definition) is 1. The smallest absolute Gasteiger partial charge is 0.0319 e. The fourth-order valence-electron chi connectivity index (χ4n) is 1.41. The predicted molar refractivity (Wildman–Crippen MR) is 59.5 cm³/mol. The average molecular weight is 275 g/mol. The molecule has 0 saturated heterocycles. The molecule has 0 aliphatic heterocycles. The first kappa shape index (κ1) is 19.8. The van der Waals surface area contributed by atoms with Gasteiger partial charge in [0.25, 0.3) is 0 Å². The summed E-state index contributed by atoms with van der Waals surface area (Å²) in [6.07, 6.45) is 3.44. The second-order valence-corrected chi connectivity index (χ2v) is 3.62. The molecular weight excluding hydrogens is 251 g/mol. The molecule has 0 amide bonds. The van der Waals surface area contributed by atoms with Crippen LogP contribution in [0.25, 0.3) is 0 Å². The molecule has 0 fully saturated rings. The normalized spacial score (nSPS) is 17.2. The largest absolute Gasteiger partial charge is 0.400 e. The first-order valence-electron chi connectivity index (χ1n) is 4.20. The van der Waals surface area contributed by atoms with E-state index in [1.54, 1.807) is 0 Å². The standard InChI is InChI=1S/C10H15.CH4O.CH4.Zr/c1-7-6-10(4,5)9(3)8(7)2;1-2;;/h1-5H3;2H,1H3;1H4;/q-1;;;. The van der Waals surface area contributed by atoms with Gasteiger partial charge in [-0.05, 0) is 0 Å². The molecule has 0 aromatic carbocycles. The van der Waals surface area contributed by atoms with Gasteiger partial charge in [0.2, 0.25) is 0 Å². The zero-order valence-electron chi connectivity index (χ0n) is 9.45. The van der Waals surface area contributed by atoms with Crippen LogP contribution in [0.1, 0.15) is 42.0 Å². The van der Waals surface area contributed by atoms with Gasteiger partial charge in [0, 0.05) is 33.3 Å². The molecule has 0 atom stereocenters. The van der Waals surface area contributed by atoms with Crippen LogP contribution in [0.5, 0.6) is 0 Å². The van der Waals surface area contributed by atoms with Crippen LogP contribution in [0.4, 0.5) is 0 Å². The maximum absolute atomic E-state index is 7.00. The molecule has 2 heteroatoms. The van der Waals surface area contributed by atoms with Crippen LogP contribution in [0.2, 0.25) is 0 Å². The number of allylic oxidation sites excluding steroid dienone is 4. The summed E-state index contributed by atoms with van der Waals surface area (Å²) >= 11 is 0. The first-order valence-corrected chi connectivity index (χ1v) is 4.20.